The molecule has 1 aromatic carbocycles. The van der Waals surface area contributed by atoms with Crippen molar-refractivity contribution in [3.05, 3.63) is 53.2 Å². The fourth-order valence-electron chi connectivity index (χ4n) is 4.30. The highest BCUT2D eigenvalue weighted by Gasteiger charge is 2.21. The summed E-state index contributed by atoms with van der Waals surface area (Å²) >= 11 is 0. The monoisotopic (exact) mass is 427 g/mol. The molecular formula is C23H25N9. The third-order valence-electron chi connectivity index (χ3n) is 5.82. The van der Waals surface area contributed by atoms with Crippen molar-refractivity contribution in [2.45, 2.75) is 25.8 Å². The van der Waals surface area contributed by atoms with Crippen LogP contribution in [0.3, 0.4) is 0 Å². The Morgan fingerprint density at radius 2 is 2.00 bits per heavy atom. The molecule has 2 aliphatic heterocycles. The topological polar surface area (TPSA) is 128 Å². The Morgan fingerprint density at radius 1 is 1.12 bits per heavy atom. The van der Waals surface area contributed by atoms with Crippen molar-refractivity contribution in [3.63, 3.8) is 0 Å². The number of anilines is 6. The van der Waals surface area contributed by atoms with E-state index in [0.717, 1.165) is 38.3 Å². The van der Waals surface area contributed by atoms with Gasteiger partial charge in [0.05, 0.1) is 6.20 Å². The van der Waals surface area contributed by atoms with Gasteiger partial charge in [0, 0.05) is 31.0 Å². The van der Waals surface area contributed by atoms with Gasteiger partial charge in [-0.25, -0.2) is 9.97 Å². The fraction of sp³-hybridized carbons (Fsp3) is 0.304. The molecule has 3 aromatic rings. The third kappa shape index (κ3) is 4.13. The number of benzene rings is 1. The smallest absolute Gasteiger partial charge is 0.229 e. The van der Waals surface area contributed by atoms with E-state index in [2.05, 4.69) is 54.0 Å². The van der Waals surface area contributed by atoms with Crippen LogP contribution in [0.5, 0.6) is 0 Å². The third-order valence-corrected chi connectivity index (χ3v) is 5.82. The number of nitrogen functional groups attached to an aromatic ring is 1. The van der Waals surface area contributed by atoms with Gasteiger partial charge in [0.15, 0.2) is 5.82 Å². The lowest BCUT2D eigenvalue weighted by atomic mass is 9.97. The molecule has 1 fully saturated rings. The molecule has 0 spiro atoms. The van der Waals surface area contributed by atoms with Gasteiger partial charge in [0.2, 0.25) is 5.95 Å². The summed E-state index contributed by atoms with van der Waals surface area (Å²) in [6.07, 6.45) is 5.01. The highest BCUT2D eigenvalue weighted by Crippen LogP contribution is 2.33. The Bertz CT molecular complexity index is 1180. The lowest BCUT2D eigenvalue weighted by molar-refractivity contribution is 0.642. The zero-order valence-corrected chi connectivity index (χ0v) is 17.7. The Kier molecular flexibility index (Phi) is 5.44. The summed E-state index contributed by atoms with van der Waals surface area (Å²) < 4.78 is 0. The van der Waals surface area contributed by atoms with Crippen molar-refractivity contribution in [2.24, 2.45) is 0 Å². The van der Waals surface area contributed by atoms with Crippen LogP contribution in [-0.4, -0.2) is 34.6 Å². The highest BCUT2D eigenvalue weighted by molar-refractivity contribution is 5.70. The minimum absolute atomic E-state index is 0.326. The van der Waals surface area contributed by atoms with Crippen molar-refractivity contribution >= 4 is 34.8 Å². The van der Waals surface area contributed by atoms with Gasteiger partial charge in [-0.15, -0.1) is 0 Å². The van der Waals surface area contributed by atoms with E-state index in [4.69, 9.17) is 5.73 Å². The number of nitriles is 1. The summed E-state index contributed by atoms with van der Waals surface area (Å²) in [7, 11) is 0. The van der Waals surface area contributed by atoms with Crippen molar-refractivity contribution in [1.29, 1.82) is 5.26 Å². The summed E-state index contributed by atoms with van der Waals surface area (Å²) in [4.78, 5) is 15.6. The van der Waals surface area contributed by atoms with Crippen LogP contribution in [0, 0.1) is 11.3 Å². The molecule has 0 unspecified atom stereocenters. The maximum atomic E-state index is 9.47. The summed E-state index contributed by atoms with van der Waals surface area (Å²) in [5, 5.41) is 19.3. The molecule has 5 N–H and O–H groups in total. The molecule has 1 saturated heterocycles. The zero-order valence-electron chi connectivity index (χ0n) is 17.7. The van der Waals surface area contributed by atoms with E-state index in [-0.39, 0.29) is 0 Å². The molecule has 2 aliphatic rings. The number of pyridine rings is 1. The number of hydrogen-bond donors (Lipinski definition) is 4. The number of fused-ring (bicyclic) bond motifs is 1. The van der Waals surface area contributed by atoms with Crippen molar-refractivity contribution in [3.8, 4) is 6.07 Å². The Balaban J connectivity index is 1.46. The molecule has 0 aliphatic carbocycles. The van der Waals surface area contributed by atoms with Crippen molar-refractivity contribution in [1.82, 2.24) is 20.3 Å². The molecule has 0 bridgehead atoms. The lowest BCUT2D eigenvalue weighted by Gasteiger charge is -2.27. The summed E-state index contributed by atoms with van der Waals surface area (Å²) in [5.74, 6) is 1.69. The predicted molar refractivity (Wildman–Crippen MR) is 125 cm³/mol. The van der Waals surface area contributed by atoms with E-state index in [1.54, 1.807) is 18.2 Å². The quantitative estimate of drug-likeness (QED) is 0.485. The molecule has 162 valence electrons. The first-order valence-electron chi connectivity index (χ1n) is 10.8. The molecule has 0 radical (unpaired) electrons. The van der Waals surface area contributed by atoms with Gasteiger partial charge in [-0.2, -0.15) is 10.2 Å². The van der Waals surface area contributed by atoms with Crippen LogP contribution < -0.4 is 26.6 Å². The minimum atomic E-state index is 0.326. The fourth-order valence-corrected chi connectivity index (χ4v) is 4.30. The second-order valence-corrected chi connectivity index (χ2v) is 8.02. The van der Waals surface area contributed by atoms with E-state index in [1.165, 1.54) is 35.9 Å². The second kappa shape index (κ2) is 8.69. The van der Waals surface area contributed by atoms with E-state index in [9.17, 15) is 5.26 Å². The molecule has 32 heavy (non-hydrogen) atoms. The molecule has 5 rings (SSSR count). The molecular weight excluding hydrogens is 402 g/mol. The number of nitrogens with zero attached hydrogens (tertiary/aromatic N) is 5. The largest absolute Gasteiger partial charge is 0.384 e. The van der Waals surface area contributed by atoms with Crippen molar-refractivity contribution in [2.75, 3.05) is 40.9 Å². The van der Waals surface area contributed by atoms with Crippen LogP contribution in [0.15, 0.2) is 36.5 Å². The van der Waals surface area contributed by atoms with Gasteiger partial charge in [-0.3, -0.25) is 0 Å². The summed E-state index contributed by atoms with van der Waals surface area (Å²) in [5.41, 5.74) is 11.1. The highest BCUT2D eigenvalue weighted by atomic mass is 15.2. The average Bonchev–Trinajstić information content (AvgIpc) is 3.34. The van der Waals surface area contributed by atoms with Crippen LogP contribution in [0.1, 0.15) is 29.5 Å². The summed E-state index contributed by atoms with van der Waals surface area (Å²) in [6, 6.07) is 11.7. The first kappa shape index (κ1) is 20.0. The van der Waals surface area contributed by atoms with E-state index in [0.29, 0.717) is 29.0 Å². The molecule has 2 aromatic heterocycles. The van der Waals surface area contributed by atoms with Crippen LogP contribution >= 0.6 is 0 Å². The van der Waals surface area contributed by atoms with Gasteiger partial charge in [0.1, 0.15) is 23.3 Å². The normalized spacial score (nSPS) is 15.2. The molecule has 0 amide bonds. The number of rotatable bonds is 5. The first-order valence-corrected chi connectivity index (χ1v) is 10.8. The molecule has 0 saturated carbocycles. The SMILES string of the molecule is N#Cc1cnc(Nc2cc3c(c(N4CCCC4)c2)CCNC3)nc1Nc1cccc(N)n1. The minimum Gasteiger partial charge on any atom is -0.384 e. The van der Waals surface area contributed by atoms with Crippen molar-refractivity contribution < 1.29 is 0 Å². The first-order chi connectivity index (χ1) is 15.7. The van der Waals surface area contributed by atoms with Gasteiger partial charge in [0.25, 0.3) is 0 Å². The molecule has 9 heteroatoms. The zero-order chi connectivity index (χ0) is 21.9. The molecule has 4 heterocycles. The molecule has 9 nitrogen and oxygen atoms in total. The van der Waals surface area contributed by atoms with E-state index < -0.39 is 0 Å². The van der Waals surface area contributed by atoms with E-state index >= 15 is 0 Å². The second-order valence-electron chi connectivity index (χ2n) is 8.02. The van der Waals surface area contributed by atoms with Gasteiger partial charge in [-0.05, 0) is 61.2 Å². The van der Waals surface area contributed by atoms with Crippen LogP contribution in [0.25, 0.3) is 0 Å². The number of nitrogens with two attached hydrogens (primary N) is 1. The number of nitrogens with one attached hydrogen (secondary N) is 3. The van der Waals surface area contributed by atoms with Crippen LogP contribution in [0.4, 0.5) is 34.8 Å². The maximum Gasteiger partial charge on any atom is 0.229 e. The summed E-state index contributed by atoms with van der Waals surface area (Å²) in [6.45, 7) is 4.05. The van der Waals surface area contributed by atoms with Gasteiger partial charge >= 0.3 is 0 Å². The van der Waals surface area contributed by atoms with Crippen LogP contribution in [-0.2, 0) is 13.0 Å². The van der Waals surface area contributed by atoms with E-state index in [1.807, 2.05) is 0 Å². The Hall–Kier alpha value is -3.90. The average molecular weight is 428 g/mol. The van der Waals surface area contributed by atoms with Gasteiger partial charge in [-0.1, -0.05) is 6.07 Å². The van der Waals surface area contributed by atoms with Crippen LogP contribution in [0.2, 0.25) is 0 Å². The standard InChI is InChI=1S/C23H25N9/c24-12-16-14-27-23(31-22(16)30-21-5-3-4-20(25)29-21)28-17-10-15-13-26-7-6-18(15)19(11-17)32-8-1-2-9-32/h3-5,10-11,14,26H,1-2,6-9,13H2,(H4,25,27,28,29,30,31). The Labute approximate surface area is 186 Å². The van der Waals surface area contributed by atoms with Gasteiger partial charge < -0.3 is 26.6 Å². The number of hydrogen-bond acceptors (Lipinski definition) is 9. The lowest BCUT2D eigenvalue weighted by Crippen LogP contribution is -2.27. The molecule has 0 atom stereocenters. The predicted octanol–water partition coefficient (Wildman–Crippen LogP) is 3.06. The number of aromatic nitrogens is 3. The maximum absolute atomic E-state index is 9.47. The Morgan fingerprint density at radius 3 is 2.81 bits per heavy atom.